The van der Waals surface area contributed by atoms with E-state index >= 15 is 0 Å². The Kier molecular flexibility index (Phi) is 6.78. The first-order valence-corrected chi connectivity index (χ1v) is 10.8. The smallest absolute Gasteiger partial charge is 0.259 e. The molecule has 162 valence electrons. The summed E-state index contributed by atoms with van der Waals surface area (Å²) in [5, 5.41) is 7.78. The summed E-state index contributed by atoms with van der Waals surface area (Å²) >= 11 is 0. The van der Waals surface area contributed by atoms with Gasteiger partial charge in [-0.2, -0.15) is 5.10 Å². The van der Waals surface area contributed by atoms with E-state index in [1.807, 2.05) is 71.5 Å². The molecule has 0 fully saturated rings. The van der Waals surface area contributed by atoms with Gasteiger partial charge in [0.25, 0.3) is 5.91 Å². The highest BCUT2D eigenvalue weighted by molar-refractivity contribution is 6.08. The largest absolute Gasteiger partial charge is 0.322 e. The lowest BCUT2D eigenvalue weighted by Gasteiger charge is -2.10. The number of hydrogen-bond acceptors (Lipinski definition) is 3. The molecule has 5 heteroatoms. The number of amides is 1. The van der Waals surface area contributed by atoms with Crippen LogP contribution in [0, 0.1) is 0 Å². The summed E-state index contributed by atoms with van der Waals surface area (Å²) < 4.78 is 1.83. The van der Waals surface area contributed by atoms with E-state index in [1.165, 1.54) is 5.56 Å². The third-order valence-corrected chi connectivity index (χ3v) is 5.30. The van der Waals surface area contributed by atoms with Crippen LogP contribution >= 0.6 is 0 Å². The lowest BCUT2D eigenvalue weighted by Crippen LogP contribution is -2.15. The van der Waals surface area contributed by atoms with E-state index < -0.39 is 0 Å². The Hall–Kier alpha value is -3.70. The van der Waals surface area contributed by atoms with E-state index in [0.717, 1.165) is 29.8 Å². The molecule has 0 aliphatic rings. The molecule has 0 unspecified atom stereocenters. The Morgan fingerprint density at radius 2 is 1.53 bits per heavy atom. The van der Waals surface area contributed by atoms with Gasteiger partial charge in [-0.15, -0.1) is 0 Å². The first kappa shape index (κ1) is 21.5. The Labute approximate surface area is 189 Å². The number of nitrogens with one attached hydrogen (secondary N) is 1. The third kappa shape index (κ3) is 5.50. The molecule has 3 aromatic carbocycles. The van der Waals surface area contributed by atoms with E-state index in [9.17, 15) is 4.79 Å². The Balaban J connectivity index is 1.56. The predicted molar refractivity (Wildman–Crippen MR) is 130 cm³/mol. The number of aromatic nitrogens is 2. The van der Waals surface area contributed by atoms with Crippen molar-refractivity contribution in [2.45, 2.75) is 13.0 Å². The van der Waals surface area contributed by atoms with Gasteiger partial charge in [-0.25, -0.2) is 0 Å². The van der Waals surface area contributed by atoms with Crippen molar-refractivity contribution < 1.29 is 4.79 Å². The summed E-state index contributed by atoms with van der Waals surface area (Å²) in [5.41, 5.74) is 5.32. The van der Waals surface area contributed by atoms with Gasteiger partial charge in [-0.3, -0.25) is 9.48 Å². The van der Waals surface area contributed by atoms with Gasteiger partial charge in [0.15, 0.2) is 0 Å². The average Bonchev–Trinajstić information content (AvgIpc) is 3.24. The van der Waals surface area contributed by atoms with Crippen molar-refractivity contribution in [1.29, 1.82) is 0 Å². The van der Waals surface area contributed by atoms with Crippen molar-refractivity contribution >= 4 is 11.6 Å². The number of rotatable bonds is 8. The highest BCUT2D eigenvalue weighted by Gasteiger charge is 2.18. The second-order valence-corrected chi connectivity index (χ2v) is 8.14. The number of carbonyl (C=O) groups is 1. The van der Waals surface area contributed by atoms with Crippen LogP contribution in [0.1, 0.15) is 21.5 Å². The Morgan fingerprint density at radius 1 is 0.875 bits per heavy atom. The van der Waals surface area contributed by atoms with Crippen molar-refractivity contribution in [3.63, 3.8) is 0 Å². The molecular weight excluding hydrogens is 396 g/mol. The second-order valence-electron chi connectivity index (χ2n) is 8.14. The second kappa shape index (κ2) is 10.1. The summed E-state index contributed by atoms with van der Waals surface area (Å²) in [4.78, 5) is 15.4. The van der Waals surface area contributed by atoms with E-state index in [1.54, 1.807) is 0 Å². The SMILES string of the molecule is CN(C)CCc1ccc(NC(=O)c2cn(Cc3ccccc3)nc2-c2ccccc2)cc1. The molecular formula is C27H28N4O. The summed E-state index contributed by atoms with van der Waals surface area (Å²) in [5.74, 6) is -0.163. The van der Waals surface area contributed by atoms with Crippen LogP contribution < -0.4 is 5.32 Å². The predicted octanol–water partition coefficient (Wildman–Crippen LogP) is 4.95. The molecule has 0 saturated heterocycles. The molecule has 0 atom stereocenters. The number of nitrogens with zero attached hydrogens (tertiary/aromatic N) is 3. The van der Waals surface area contributed by atoms with Crippen LogP contribution in [0.15, 0.2) is 91.1 Å². The zero-order valence-electron chi connectivity index (χ0n) is 18.5. The molecule has 1 amide bonds. The van der Waals surface area contributed by atoms with Crippen molar-refractivity contribution in [1.82, 2.24) is 14.7 Å². The van der Waals surface area contributed by atoms with E-state index in [-0.39, 0.29) is 5.91 Å². The maximum atomic E-state index is 13.2. The maximum Gasteiger partial charge on any atom is 0.259 e. The molecule has 5 nitrogen and oxygen atoms in total. The van der Waals surface area contributed by atoms with Crippen molar-refractivity contribution in [2.24, 2.45) is 0 Å². The van der Waals surface area contributed by atoms with Gasteiger partial charge in [-0.05, 0) is 43.8 Å². The fourth-order valence-corrected chi connectivity index (χ4v) is 3.55. The van der Waals surface area contributed by atoms with Crippen LogP contribution in [-0.4, -0.2) is 41.2 Å². The minimum atomic E-state index is -0.163. The molecule has 0 aliphatic carbocycles. The summed E-state index contributed by atoms with van der Waals surface area (Å²) in [6, 6.07) is 28.0. The topological polar surface area (TPSA) is 50.2 Å². The fourth-order valence-electron chi connectivity index (χ4n) is 3.55. The number of likely N-dealkylation sites (N-methyl/N-ethyl adjacent to an activating group) is 1. The molecule has 1 aromatic heterocycles. The molecule has 0 spiro atoms. The molecule has 1 N–H and O–H groups in total. The van der Waals surface area contributed by atoms with Gasteiger partial charge in [0.2, 0.25) is 0 Å². The minimum absolute atomic E-state index is 0.163. The van der Waals surface area contributed by atoms with Gasteiger partial charge < -0.3 is 10.2 Å². The van der Waals surface area contributed by atoms with Gasteiger partial charge in [0.1, 0.15) is 5.69 Å². The normalized spacial score (nSPS) is 11.0. The Bertz CT molecular complexity index is 1150. The standard InChI is InChI=1S/C27H28N4O/c1-30(2)18-17-21-13-15-24(16-14-21)28-27(32)25-20-31(19-22-9-5-3-6-10-22)29-26(25)23-11-7-4-8-12-23/h3-16,20H,17-19H2,1-2H3,(H,28,32). The maximum absolute atomic E-state index is 13.2. The number of hydrogen-bond donors (Lipinski definition) is 1. The third-order valence-electron chi connectivity index (χ3n) is 5.30. The number of anilines is 1. The van der Waals surface area contributed by atoms with Crippen LogP contribution in [0.2, 0.25) is 0 Å². The minimum Gasteiger partial charge on any atom is -0.322 e. The fraction of sp³-hybridized carbons (Fsp3) is 0.185. The molecule has 0 saturated carbocycles. The van der Waals surface area contributed by atoms with Gasteiger partial charge >= 0.3 is 0 Å². The lowest BCUT2D eigenvalue weighted by molar-refractivity contribution is 0.102. The highest BCUT2D eigenvalue weighted by atomic mass is 16.1. The summed E-state index contributed by atoms with van der Waals surface area (Å²) in [6.45, 7) is 1.60. The molecule has 32 heavy (non-hydrogen) atoms. The van der Waals surface area contributed by atoms with Crippen molar-refractivity contribution in [3.05, 3.63) is 108 Å². The van der Waals surface area contributed by atoms with Gasteiger partial charge in [0, 0.05) is 24.0 Å². The summed E-state index contributed by atoms with van der Waals surface area (Å²) in [7, 11) is 4.13. The van der Waals surface area contributed by atoms with E-state index in [4.69, 9.17) is 5.10 Å². The van der Waals surface area contributed by atoms with Crippen LogP contribution in [0.4, 0.5) is 5.69 Å². The van der Waals surface area contributed by atoms with Gasteiger partial charge in [0.05, 0.1) is 12.1 Å². The van der Waals surface area contributed by atoms with Gasteiger partial charge in [-0.1, -0.05) is 72.8 Å². The molecule has 0 radical (unpaired) electrons. The monoisotopic (exact) mass is 424 g/mol. The first-order valence-electron chi connectivity index (χ1n) is 10.8. The highest BCUT2D eigenvalue weighted by Crippen LogP contribution is 2.24. The molecule has 4 aromatic rings. The van der Waals surface area contributed by atoms with E-state index in [0.29, 0.717) is 17.8 Å². The quantitative estimate of drug-likeness (QED) is 0.435. The van der Waals surface area contributed by atoms with Crippen molar-refractivity contribution in [3.8, 4) is 11.3 Å². The molecule has 0 bridgehead atoms. The first-order chi connectivity index (χ1) is 15.6. The Morgan fingerprint density at radius 3 is 2.19 bits per heavy atom. The summed E-state index contributed by atoms with van der Waals surface area (Å²) in [6.07, 6.45) is 2.81. The number of carbonyl (C=O) groups excluding carboxylic acids is 1. The number of benzene rings is 3. The average molecular weight is 425 g/mol. The van der Waals surface area contributed by atoms with Crippen LogP contribution in [-0.2, 0) is 13.0 Å². The van der Waals surface area contributed by atoms with Crippen LogP contribution in [0.5, 0.6) is 0 Å². The van der Waals surface area contributed by atoms with Crippen molar-refractivity contribution in [2.75, 3.05) is 26.0 Å². The van der Waals surface area contributed by atoms with E-state index in [2.05, 4.69) is 48.6 Å². The zero-order valence-corrected chi connectivity index (χ0v) is 18.5. The molecule has 0 aliphatic heterocycles. The van der Waals surface area contributed by atoms with Crippen LogP contribution in [0.25, 0.3) is 11.3 Å². The molecule has 4 rings (SSSR count). The lowest BCUT2D eigenvalue weighted by atomic mass is 10.1. The van der Waals surface area contributed by atoms with Crippen LogP contribution in [0.3, 0.4) is 0 Å². The molecule has 1 heterocycles. The zero-order chi connectivity index (χ0) is 22.3.